The van der Waals surface area contributed by atoms with Crippen LogP contribution in [0.1, 0.15) is 12.7 Å². The fourth-order valence-electron chi connectivity index (χ4n) is 2.38. The molecule has 0 fully saturated rings. The van der Waals surface area contributed by atoms with Gasteiger partial charge in [0.15, 0.2) is 6.10 Å². The van der Waals surface area contributed by atoms with E-state index in [2.05, 4.69) is 10.0 Å². The first-order valence-electron chi connectivity index (χ1n) is 8.59. The summed E-state index contributed by atoms with van der Waals surface area (Å²) < 4.78 is 37.8. The maximum atomic E-state index is 12.3. The number of rotatable bonds is 8. The van der Waals surface area contributed by atoms with E-state index in [4.69, 9.17) is 9.15 Å². The van der Waals surface area contributed by atoms with Gasteiger partial charge in [-0.05, 0) is 55.5 Å². The molecule has 1 amide bonds. The van der Waals surface area contributed by atoms with Gasteiger partial charge in [-0.2, -0.15) is 0 Å². The molecular formula is C20H20N2O5S. The predicted molar refractivity (Wildman–Crippen MR) is 104 cm³/mol. The van der Waals surface area contributed by atoms with Crippen LogP contribution in [0.4, 0.5) is 5.69 Å². The third-order valence-electron chi connectivity index (χ3n) is 3.87. The highest BCUT2D eigenvalue weighted by molar-refractivity contribution is 7.89. The van der Waals surface area contributed by atoms with Crippen molar-refractivity contribution in [2.45, 2.75) is 24.5 Å². The van der Waals surface area contributed by atoms with Gasteiger partial charge >= 0.3 is 0 Å². The Morgan fingerprint density at radius 2 is 1.75 bits per heavy atom. The van der Waals surface area contributed by atoms with Crippen LogP contribution >= 0.6 is 0 Å². The molecule has 0 aliphatic carbocycles. The SMILES string of the molecule is CC(Oc1ccccc1)C(=O)Nc1ccc(S(=O)(=O)NCc2ccco2)cc1. The molecule has 0 bridgehead atoms. The molecule has 1 unspecified atom stereocenters. The number of anilines is 1. The first kappa shape index (κ1) is 19.7. The molecule has 2 N–H and O–H groups in total. The highest BCUT2D eigenvalue weighted by atomic mass is 32.2. The monoisotopic (exact) mass is 400 g/mol. The Kier molecular flexibility index (Phi) is 6.13. The number of ether oxygens (including phenoxy) is 1. The third kappa shape index (κ3) is 5.21. The van der Waals surface area contributed by atoms with Gasteiger partial charge in [0, 0.05) is 5.69 Å². The maximum Gasteiger partial charge on any atom is 0.265 e. The molecule has 1 heterocycles. The minimum atomic E-state index is -3.69. The van der Waals surface area contributed by atoms with Crippen molar-refractivity contribution in [1.82, 2.24) is 4.72 Å². The van der Waals surface area contributed by atoms with Crippen LogP contribution < -0.4 is 14.8 Å². The van der Waals surface area contributed by atoms with Crippen LogP contribution in [0.15, 0.2) is 82.3 Å². The van der Waals surface area contributed by atoms with Crippen molar-refractivity contribution in [3.8, 4) is 5.75 Å². The van der Waals surface area contributed by atoms with Crippen LogP contribution in [0.5, 0.6) is 5.75 Å². The zero-order valence-corrected chi connectivity index (χ0v) is 16.0. The molecule has 146 valence electrons. The molecule has 2 aromatic carbocycles. The number of hydrogen-bond donors (Lipinski definition) is 2. The van der Waals surface area contributed by atoms with Crippen molar-refractivity contribution in [2.75, 3.05) is 5.32 Å². The number of furan rings is 1. The predicted octanol–water partition coefficient (Wildman–Crippen LogP) is 3.16. The zero-order valence-electron chi connectivity index (χ0n) is 15.2. The van der Waals surface area contributed by atoms with Gasteiger partial charge < -0.3 is 14.5 Å². The van der Waals surface area contributed by atoms with Gasteiger partial charge in [0.25, 0.3) is 5.91 Å². The second-order valence-electron chi connectivity index (χ2n) is 5.99. The molecule has 1 atom stereocenters. The summed E-state index contributed by atoms with van der Waals surface area (Å²) in [5.74, 6) is 0.768. The molecule has 0 saturated heterocycles. The molecule has 28 heavy (non-hydrogen) atoms. The number of amides is 1. The molecule has 0 radical (unpaired) electrons. The summed E-state index contributed by atoms with van der Waals surface area (Å²) in [5.41, 5.74) is 0.471. The average molecular weight is 400 g/mol. The fourth-order valence-corrected chi connectivity index (χ4v) is 3.37. The first-order chi connectivity index (χ1) is 13.4. The van der Waals surface area contributed by atoms with Crippen LogP contribution in [0.3, 0.4) is 0 Å². The summed E-state index contributed by atoms with van der Waals surface area (Å²) in [6.07, 6.45) is 0.768. The van der Waals surface area contributed by atoms with Crippen molar-refractivity contribution in [2.24, 2.45) is 0 Å². The standard InChI is InChI=1S/C20H20N2O5S/c1-15(27-17-6-3-2-4-7-17)20(23)22-16-9-11-19(12-10-16)28(24,25)21-14-18-8-5-13-26-18/h2-13,15,21H,14H2,1H3,(H,22,23). The molecule has 3 rings (SSSR count). The van der Waals surface area contributed by atoms with E-state index in [0.717, 1.165) is 0 Å². The van der Waals surface area contributed by atoms with Crippen molar-refractivity contribution < 1.29 is 22.4 Å². The molecule has 8 heteroatoms. The second kappa shape index (κ2) is 8.73. The highest BCUT2D eigenvalue weighted by Crippen LogP contribution is 2.16. The van der Waals surface area contributed by atoms with Gasteiger partial charge in [-0.15, -0.1) is 0 Å². The Morgan fingerprint density at radius 1 is 1.04 bits per heavy atom. The maximum absolute atomic E-state index is 12.3. The van der Waals surface area contributed by atoms with Crippen molar-refractivity contribution >= 4 is 21.6 Å². The number of para-hydroxylation sites is 1. The Labute approximate surface area is 163 Å². The Morgan fingerprint density at radius 3 is 2.39 bits per heavy atom. The van der Waals surface area contributed by atoms with Crippen molar-refractivity contribution in [3.63, 3.8) is 0 Å². The first-order valence-corrected chi connectivity index (χ1v) is 10.1. The van der Waals surface area contributed by atoms with Gasteiger partial charge in [-0.25, -0.2) is 13.1 Å². The van der Waals surface area contributed by atoms with Gasteiger partial charge in [0.1, 0.15) is 11.5 Å². The smallest absolute Gasteiger partial charge is 0.265 e. The summed E-state index contributed by atoms with van der Waals surface area (Å²) >= 11 is 0. The Bertz CT molecular complexity index is 1000. The lowest BCUT2D eigenvalue weighted by Gasteiger charge is -2.15. The van der Waals surface area contributed by atoms with Crippen LogP contribution in [0.2, 0.25) is 0 Å². The molecular weight excluding hydrogens is 380 g/mol. The number of benzene rings is 2. The van der Waals surface area contributed by atoms with Crippen LogP contribution in [0.25, 0.3) is 0 Å². The van der Waals surface area contributed by atoms with E-state index in [0.29, 0.717) is 17.2 Å². The minimum absolute atomic E-state index is 0.0577. The zero-order chi connectivity index (χ0) is 20.0. The van der Waals surface area contributed by atoms with E-state index in [9.17, 15) is 13.2 Å². The lowest BCUT2D eigenvalue weighted by molar-refractivity contribution is -0.122. The molecule has 0 saturated carbocycles. The third-order valence-corrected chi connectivity index (χ3v) is 5.29. The van der Waals surface area contributed by atoms with Crippen molar-refractivity contribution in [1.29, 1.82) is 0 Å². The lowest BCUT2D eigenvalue weighted by Crippen LogP contribution is -2.30. The molecule has 0 spiro atoms. The van der Waals surface area contributed by atoms with Crippen LogP contribution in [-0.2, 0) is 21.4 Å². The largest absolute Gasteiger partial charge is 0.481 e. The highest BCUT2D eigenvalue weighted by Gasteiger charge is 2.17. The summed E-state index contributed by atoms with van der Waals surface area (Å²) in [5, 5.41) is 2.70. The van der Waals surface area contributed by atoms with E-state index in [-0.39, 0.29) is 17.3 Å². The van der Waals surface area contributed by atoms with Gasteiger partial charge in [0.2, 0.25) is 10.0 Å². The topological polar surface area (TPSA) is 97.6 Å². The fraction of sp³-hybridized carbons (Fsp3) is 0.150. The number of carbonyl (C=O) groups is 1. The summed E-state index contributed by atoms with van der Waals surface area (Å²) in [4.78, 5) is 12.3. The average Bonchev–Trinajstić information content (AvgIpc) is 3.21. The Balaban J connectivity index is 1.58. The summed E-state index contributed by atoms with van der Waals surface area (Å²) in [6, 6.07) is 18.3. The molecule has 3 aromatic rings. The number of nitrogens with one attached hydrogen (secondary N) is 2. The second-order valence-corrected chi connectivity index (χ2v) is 7.76. The molecule has 0 aliphatic rings. The van der Waals surface area contributed by atoms with E-state index < -0.39 is 16.1 Å². The summed E-state index contributed by atoms with van der Waals surface area (Å²) in [7, 11) is -3.69. The van der Waals surface area contributed by atoms with Gasteiger partial charge in [0.05, 0.1) is 17.7 Å². The minimum Gasteiger partial charge on any atom is -0.481 e. The lowest BCUT2D eigenvalue weighted by atomic mass is 10.3. The number of hydrogen-bond acceptors (Lipinski definition) is 5. The molecule has 1 aromatic heterocycles. The molecule has 7 nitrogen and oxygen atoms in total. The number of sulfonamides is 1. The normalized spacial score (nSPS) is 12.3. The molecule has 0 aliphatic heterocycles. The van der Waals surface area contributed by atoms with Crippen molar-refractivity contribution in [3.05, 3.63) is 78.8 Å². The van der Waals surface area contributed by atoms with E-state index in [1.165, 1.54) is 30.5 Å². The number of carbonyl (C=O) groups excluding carboxylic acids is 1. The quantitative estimate of drug-likeness (QED) is 0.605. The van der Waals surface area contributed by atoms with Gasteiger partial charge in [-0.1, -0.05) is 18.2 Å². The Hall–Kier alpha value is -3.10. The van der Waals surface area contributed by atoms with E-state index in [1.807, 2.05) is 18.2 Å². The van der Waals surface area contributed by atoms with Gasteiger partial charge in [-0.3, -0.25) is 4.79 Å². The van der Waals surface area contributed by atoms with Crippen LogP contribution in [0, 0.1) is 0 Å². The van der Waals surface area contributed by atoms with E-state index in [1.54, 1.807) is 31.2 Å². The summed E-state index contributed by atoms with van der Waals surface area (Å²) in [6.45, 7) is 1.70. The van der Waals surface area contributed by atoms with E-state index >= 15 is 0 Å². The van der Waals surface area contributed by atoms with Crippen LogP contribution in [-0.4, -0.2) is 20.4 Å².